The van der Waals surface area contributed by atoms with Crippen molar-refractivity contribution in [1.82, 2.24) is 0 Å². The van der Waals surface area contributed by atoms with Crippen molar-refractivity contribution >= 4 is 28.7 Å². The first-order valence-corrected chi connectivity index (χ1v) is 6.99. The molecule has 2 heterocycles. The van der Waals surface area contributed by atoms with Crippen molar-refractivity contribution in [1.29, 1.82) is 0 Å². The molecular formula is C13H19N2O3S+. The molecular weight excluding hydrogens is 264 g/mol. The summed E-state index contributed by atoms with van der Waals surface area (Å²) in [6.07, 6.45) is 0. The van der Waals surface area contributed by atoms with Crippen LogP contribution < -0.4 is 10.1 Å². The molecule has 1 atom stereocenters. The molecule has 19 heavy (non-hydrogen) atoms. The van der Waals surface area contributed by atoms with E-state index >= 15 is 0 Å². The number of hydrogen-bond donors (Lipinski definition) is 1. The first kappa shape index (κ1) is 14.0. The number of amides is 1. The number of quaternary nitrogens is 1. The van der Waals surface area contributed by atoms with Crippen LogP contribution in [0.1, 0.15) is 16.6 Å². The van der Waals surface area contributed by atoms with E-state index in [4.69, 9.17) is 4.74 Å². The van der Waals surface area contributed by atoms with Crippen LogP contribution in [-0.4, -0.2) is 50.5 Å². The molecule has 1 aliphatic heterocycles. The lowest BCUT2D eigenvalue weighted by Crippen LogP contribution is -2.40. The summed E-state index contributed by atoms with van der Waals surface area (Å²) < 4.78 is 6.04. The number of nitrogens with zero attached hydrogens (tertiary/aromatic N) is 1. The van der Waals surface area contributed by atoms with Gasteiger partial charge < -0.3 is 14.5 Å². The normalized spacial score (nSPS) is 16.3. The van der Waals surface area contributed by atoms with E-state index in [1.54, 1.807) is 6.07 Å². The van der Waals surface area contributed by atoms with Crippen LogP contribution in [-0.2, 0) is 4.79 Å². The van der Waals surface area contributed by atoms with Crippen molar-refractivity contribution in [2.45, 2.75) is 6.92 Å². The van der Waals surface area contributed by atoms with Crippen molar-refractivity contribution in [2.75, 3.05) is 39.6 Å². The van der Waals surface area contributed by atoms with Crippen LogP contribution in [0, 0.1) is 5.92 Å². The minimum absolute atomic E-state index is 0.0234. The Labute approximate surface area is 116 Å². The number of nitrogens with one attached hydrogen (secondary N) is 1. The van der Waals surface area contributed by atoms with Crippen LogP contribution in [0.4, 0.5) is 5.69 Å². The average Bonchev–Trinajstić information content (AvgIpc) is 2.68. The highest BCUT2D eigenvalue weighted by molar-refractivity contribution is 7.16. The van der Waals surface area contributed by atoms with Crippen molar-refractivity contribution in [3.05, 3.63) is 10.9 Å². The van der Waals surface area contributed by atoms with E-state index in [9.17, 15) is 9.59 Å². The van der Waals surface area contributed by atoms with Crippen molar-refractivity contribution in [2.24, 2.45) is 5.92 Å². The average molecular weight is 283 g/mol. The lowest BCUT2D eigenvalue weighted by Gasteiger charge is -2.26. The van der Waals surface area contributed by atoms with Gasteiger partial charge in [-0.1, -0.05) is 11.3 Å². The van der Waals surface area contributed by atoms with E-state index in [0.29, 0.717) is 15.6 Å². The number of thiophene rings is 1. The summed E-state index contributed by atoms with van der Waals surface area (Å²) in [4.78, 5) is 24.2. The maximum Gasteiger partial charge on any atom is 0.262 e. The molecule has 5 nitrogen and oxygen atoms in total. The van der Waals surface area contributed by atoms with E-state index in [-0.39, 0.29) is 24.2 Å². The molecule has 0 spiro atoms. The molecule has 0 fully saturated rings. The van der Waals surface area contributed by atoms with Gasteiger partial charge in [-0.25, -0.2) is 0 Å². The number of fused-ring (bicyclic) bond motifs is 1. The minimum atomic E-state index is -0.177. The van der Waals surface area contributed by atoms with Gasteiger partial charge in [0.1, 0.15) is 0 Å². The maximum atomic E-state index is 12.4. The Morgan fingerprint density at radius 3 is 2.84 bits per heavy atom. The number of Topliss-reactive ketones (excluding diaryl/α,β-unsaturated/α-hetero) is 1. The zero-order chi connectivity index (χ0) is 14.2. The maximum absolute atomic E-state index is 12.4. The zero-order valence-corrected chi connectivity index (χ0v) is 12.5. The first-order chi connectivity index (χ1) is 8.76. The van der Waals surface area contributed by atoms with Crippen LogP contribution in [0.25, 0.3) is 0 Å². The van der Waals surface area contributed by atoms with Gasteiger partial charge in [-0.3, -0.25) is 9.59 Å². The third kappa shape index (κ3) is 3.33. The van der Waals surface area contributed by atoms with Crippen LogP contribution in [0.15, 0.2) is 6.07 Å². The van der Waals surface area contributed by atoms with Gasteiger partial charge in [0.15, 0.2) is 17.5 Å². The number of ketones is 1. The molecule has 0 radical (unpaired) electrons. The molecule has 6 heteroatoms. The summed E-state index contributed by atoms with van der Waals surface area (Å²) in [5, 5.41) is 3.34. The highest BCUT2D eigenvalue weighted by Crippen LogP contribution is 2.38. The zero-order valence-electron chi connectivity index (χ0n) is 11.6. The standard InChI is InChI=1S/C13H18N2O3S/c1-8(6-15(2,3)4)12(17)10-5-9-13(19-10)18-7-11(16)14-9/h5,8H,6-7H2,1-4H3/p+1. The third-order valence-corrected chi connectivity index (χ3v) is 3.88. The van der Waals surface area contributed by atoms with E-state index in [1.807, 2.05) is 6.92 Å². The number of ether oxygens (including phenoxy) is 1. The molecule has 0 bridgehead atoms. The molecule has 0 saturated carbocycles. The van der Waals surface area contributed by atoms with Crippen LogP contribution in [0.5, 0.6) is 5.06 Å². The number of carbonyl (C=O) groups is 2. The van der Waals surface area contributed by atoms with Gasteiger partial charge in [-0.05, 0) is 13.0 Å². The monoisotopic (exact) mass is 283 g/mol. The number of rotatable bonds is 4. The molecule has 1 aromatic rings. The number of hydrogen-bond acceptors (Lipinski definition) is 4. The summed E-state index contributed by atoms with van der Waals surface area (Å²) >= 11 is 1.31. The second-order valence-electron chi connectivity index (χ2n) is 5.89. The van der Waals surface area contributed by atoms with Crippen molar-refractivity contribution in [3.8, 4) is 5.06 Å². The summed E-state index contributed by atoms with van der Waals surface area (Å²) in [5.74, 6) is -0.134. The number of carbonyl (C=O) groups excluding carboxylic acids is 2. The van der Waals surface area contributed by atoms with Gasteiger partial charge >= 0.3 is 0 Å². The molecule has 0 saturated heterocycles. The molecule has 0 aliphatic carbocycles. The fourth-order valence-electron chi connectivity index (χ4n) is 2.15. The van der Waals surface area contributed by atoms with E-state index in [2.05, 4.69) is 26.5 Å². The Hall–Kier alpha value is -1.40. The predicted molar refractivity (Wildman–Crippen MR) is 74.8 cm³/mol. The molecule has 104 valence electrons. The number of anilines is 1. The van der Waals surface area contributed by atoms with E-state index in [1.165, 1.54) is 11.3 Å². The molecule has 1 unspecified atom stereocenters. The fraction of sp³-hybridized carbons (Fsp3) is 0.538. The quantitative estimate of drug-likeness (QED) is 0.674. The lowest BCUT2D eigenvalue weighted by atomic mass is 10.0. The van der Waals surface area contributed by atoms with E-state index in [0.717, 1.165) is 11.0 Å². The fourth-order valence-corrected chi connectivity index (χ4v) is 3.17. The Bertz CT molecular complexity index is 516. The third-order valence-electron chi connectivity index (χ3n) is 2.82. The smallest absolute Gasteiger partial charge is 0.262 e. The Morgan fingerprint density at radius 1 is 1.53 bits per heavy atom. The summed E-state index contributed by atoms with van der Waals surface area (Å²) in [7, 11) is 6.19. The second kappa shape index (κ2) is 4.94. The highest BCUT2D eigenvalue weighted by Gasteiger charge is 2.27. The van der Waals surface area contributed by atoms with Crippen LogP contribution in [0.3, 0.4) is 0 Å². The van der Waals surface area contributed by atoms with Gasteiger partial charge in [0.2, 0.25) is 0 Å². The van der Waals surface area contributed by atoms with Crippen molar-refractivity contribution in [3.63, 3.8) is 0 Å². The largest absolute Gasteiger partial charge is 0.472 e. The van der Waals surface area contributed by atoms with Gasteiger partial charge in [-0.15, -0.1) is 0 Å². The van der Waals surface area contributed by atoms with Gasteiger partial charge in [0.25, 0.3) is 5.91 Å². The summed E-state index contributed by atoms with van der Waals surface area (Å²) in [6.45, 7) is 2.73. The Morgan fingerprint density at radius 2 is 2.21 bits per heavy atom. The van der Waals surface area contributed by atoms with Crippen molar-refractivity contribution < 1.29 is 18.8 Å². The highest BCUT2D eigenvalue weighted by atomic mass is 32.1. The van der Waals surface area contributed by atoms with Gasteiger partial charge in [0.05, 0.1) is 44.2 Å². The minimum Gasteiger partial charge on any atom is -0.472 e. The molecule has 1 aromatic heterocycles. The van der Waals surface area contributed by atoms with Crippen LogP contribution in [0.2, 0.25) is 0 Å². The first-order valence-electron chi connectivity index (χ1n) is 6.17. The van der Waals surface area contributed by atoms with Gasteiger partial charge in [0, 0.05) is 0 Å². The van der Waals surface area contributed by atoms with Gasteiger partial charge in [-0.2, -0.15) is 0 Å². The molecule has 1 aliphatic rings. The van der Waals surface area contributed by atoms with E-state index < -0.39 is 0 Å². The Balaban J connectivity index is 2.14. The summed E-state index contributed by atoms with van der Waals surface area (Å²) in [6, 6.07) is 1.71. The lowest BCUT2D eigenvalue weighted by molar-refractivity contribution is -0.872. The Kier molecular flexibility index (Phi) is 3.64. The second-order valence-corrected chi connectivity index (χ2v) is 6.90. The molecule has 1 N–H and O–H groups in total. The molecule has 1 amide bonds. The summed E-state index contributed by atoms with van der Waals surface area (Å²) in [5.41, 5.74) is 0.613. The molecule has 2 rings (SSSR count). The predicted octanol–water partition coefficient (Wildman–Crippen LogP) is 1.60. The SMILES string of the molecule is CC(C[N+](C)(C)C)C(=O)c1cc2c(s1)OCC(=O)N2. The molecule has 0 aromatic carbocycles. The van der Waals surface area contributed by atoms with Crippen LogP contribution >= 0.6 is 11.3 Å². The topological polar surface area (TPSA) is 55.4 Å².